The van der Waals surface area contributed by atoms with Gasteiger partial charge in [0.15, 0.2) is 11.5 Å². The van der Waals surface area contributed by atoms with E-state index in [-0.39, 0.29) is 22.8 Å². The average Bonchev–Trinajstić information content (AvgIpc) is 3.04. The number of nitrogens with zero attached hydrogens (tertiary/aromatic N) is 1. The molecule has 2 atom stereocenters. The van der Waals surface area contributed by atoms with Crippen molar-refractivity contribution in [1.82, 2.24) is 20.5 Å². The standard InChI is InChI=1S/C35H36FN5O5/c1-20-2-4-22(5-3-20)27-18-41(17-21-8-10-46-11-9-21)19-28(33(27)44)35(45)40-25-14-29(36)32(38-16-25)26-12-24(15-39-34(26)37)23-6-7-30(42)31(43)13-23/h2-7,12-16,18-19,21,32,34,38-39,42-43H,8-11,17,37H2,1H3,(H,40,45). The molecule has 46 heavy (non-hydrogen) atoms. The minimum absolute atomic E-state index is 0.0462. The predicted molar refractivity (Wildman–Crippen MR) is 173 cm³/mol. The number of carbonyl (C=O) groups is 1. The fraction of sp³-hybridized carbons (Fsp3) is 0.257. The number of dihydropyridines is 2. The molecule has 1 fully saturated rings. The maximum absolute atomic E-state index is 15.6. The second kappa shape index (κ2) is 13.1. The number of phenolic OH excluding ortho intramolecular Hbond substituents is 2. The number of nitrogens with one attached hydrogen (secondary N) is 3. The molecule has 3 aromatic rings. The molecule has 3 aliphatic rings. The number of hydrogen-bond donors (Lipinski definition) is 6. The first-order chi connectivity index (χ1) is 22.2. The Morgan fingerprint density at radius 1 is 1.02 bits per heavy atom. The van der Waals surface area contributed by atoms with Crippen LogP contribution in [-0.2, 0) is 11.3 Å². The molecule has 4 heterocycles. The molecule has 0 radical (unpaired) electrons. The summed E-state index contributed by atoms with van der Waals surface area (Å²) in [5.41, 5.74) is 9.78. The Labute approximate surface area is 265 Å². The van der Waals surface area contributed by atoms with Gasteiger partial charge in [-0.25, -0.2) is 4.39 Å². The van der Waals surface area contributed by atoms with E-state index in [4.69, 9.17) is 10.5 Å². The first-order valence-corrected chi connectivity index (χ1v) is 15.2. The molecular weight excluding hydrogens is 589 g/mol. The summed E-state index contributed by atoms with van der Waals surface area (Å²) < 4.78 is 23.0. The minimum Gasteiger partial charge on any atom is -0.504 e. The number of ether oxygens (including phenoxy) is 1. The van der Waals surface area contributed by atoms with Crippen molar-refractivity contribution in [2.75, 3.05) is 13.2 Å². The van der Waals surface area contributed by atoms with Gasteiger partial charge in [0.25, 0.3) is 5.91 Å². The van der Waals surface area contributed by atoms with E-state index in [1.807, 2.05) is 35.8 Å². The van der Waals surface area contributed by atoms with Crippen LogP contribution in [0.3, 0.4) is 0 Å². The van der Waals surface area contributed by atoms with Crippen molar-refractivity contribution in [2.45, 2.75) is 38.5 Å². The van der Waals surface area contributed by atoms with E-state index in [2.05, 4.69) is 16.0 Å². The van der Waals surface area contributed by atoms with Crippen molar-refractivity contribution in [3.63, 3.8) is 0 Å². The van der Waals surface area contributed by atoms with Crippen molar-refractivity contribution in [2.24, 2.45) is 11.7 Å². The van der Waals surface area contributed by atoms with Crippen molar-refractivity contribution >= 4 is 11.5 Å². The molecule has 3 aliphatic heterocycles. The summed E-state index contributed by atoms with van der Waals surface area (Å²) in [6, 6.07) is 11.0. The Bertz CT molecular complexity index is 1840. The number of amides is 1. The number of hydrogen-bond acceptors (Lipinski definition) is 8. The van der Waals surface area contributed by atoms with Crippen LogP contribution < -0.4 is 27.1 Å². The molecule has 0 aliphatic carbocycles. The molecule has 11 heteroatoms. The number of nitrogens with two attached hydrogens (primary N) is 1. The van der Waals surface area contributed by atoms with Crippen LogP contribution >= 0.6 is 0 Å². The number of benzene rings is 2. The van der Waals surface area contributed by atoms with Gasteiger partial charge in [-0.15, -0.1) is 0 Å². The van der Waals surface area contributed by atoms with Gasteiger partial charge < -0.3 is 41.2 Å². The molecule has 6 rings (SSSR count). The van der Waals surface area contributed by atoms with Crippen molar-refractivity contribution < 1.29 is 24.1 Å². The number of aryl methyl sites for hydroxylation is 1. The summed E-state index contributed by atoms with van der Waals surface area (Å²) in [6.45, 7) is 3.96. The van der Waals surface area contributed by atoms with Crippen molar-refractivity contribution in [3.05, 3.63) is 123 Å². The quantitative estimate of drug-likeness (QED) is 0.216. The minimum atomic E-state index is -0.931. The lowest BCUT2D eigenvalue weighted by Crippen LogP contribution is -2.46. The van der Waals surface area contributed by atoms with Crippen LogP contribution in [0.15, 0.2) is 101 Å². The lowest BCUT2D eigenvalue weighted by atomic mass is 9.93. The number of pyridine rings is 1. The van der Waals surface area contributed by atoms with E-state index in [0.29, 0.717) is 53.5 Å². The summed E-state index contributed by atoms with van der Waals surface area (Å²) in [4.78, 5) is 27.2. The van der Waals surface area contributed by atoms with Gasteiger partial charge in [-0.3, -0.25) is 9.59 Å². The largest absolute Gasteiger partial charge is 0.504 e. The Hall–Kier alpha value is -5.13. The van der Waals surface area contributed by atoms with Crippen molar-refractivity contribution in [1.29, 1.82) is 0 Å². The van der Waals surface area contributed by atoms with Crippen LogP contribution in [0, 0.1) is 12.8 Å². The number of aromatic hydroxyl groups is 2. The maximum Gasteiger partial charge on any atom is 0.261 e. The molecular formula is C35H36FN5O5. The van der Waals surface area contributed by atoms with Crippen molar-refractivity contribution in [3.8, 4) is 22.6 Å². The van der Waals surface area contributed by atoms with Crippen LogP contribution in [0.1, 0.15) is 34.3 Å². The van der Waals surface area contributed by atoms with E-state index in [0.717, 1.165) is 18.4 Å². The lowest BCUT2D eigenvalue weighted by molar-refractivity contribution is 0.0611. The lowest BCUT2D eigenvalue weighted by Gasteiger charge is -2.30. The highest BCUT2D eigenvalue weighted by Crippen LogP contribution is 2.32. The van der Waals surface area contributed by atoms with Gasteiger partial charge in [-0.05, 0) is 72.2 Å². The van der Waals surface area contributed by atoms with Gasteiger partial charge in [-0.1, -0.05) is 35.9 Å². The smallest absolute Gasteiger partial charge is 0.261 e. The molecule has 10 nitrogen and oxygen atoms in total. The Kier molecular flexibility index (Phi) is 8.78. The number of carbonyl (C=O) groups excluding carboxylic acids is 1. The summed E-state index contributed by atoms with van der Waals surface area (Å²) in [5, 5.41) is 28.2. The zero-order chi connectivity index (χ0) is 32.4. The number of aromatic nitrogens is 1. The third-order valence-corrected chi connectivity index (χ3v) is 8.47. The highest BCUT2D eigenvalue weighted by atomic mass is 19.1. The second-order valence-corrected chi connectivity index (χ2v) is 11.8. The summed E-state index contributed by atoms with van der Waals surface area (Å²) in [5.74, 6) is -1.43. The average molecular weight is 626 g/mol. The molecule has 0 bridgehead atoms. The molecule has 0 saturated carbocycles. The van der Waals surface area contributed by atoms with Gasteiger partial charge >= 0.3 is 0 Å². The van der Waals surface area contributed by atoms with Crippen LogP contribution in [-0.4, -0.2) is 46.1 Å². The van der Waals surface area contributed by atoms with Gasteiger partial charge in [-0.2, -0.15) is 0 Å². The third kappa shape index (κ3) is 6.60. The first kappa shape index (κ1) is 30.9. The summed E-state index contributed by atoms with van der Waals surface area (Å²) in [7, 11) is 0. The molecule has 2 unspecified atom stereocenters. The normalized spacial score (nSPS) is 20.0. The molecule has 238 valence electrons. The second-order valence-electron chi connectivity index (χ2n) is 11.8. The van der Waals surface area contributed by atoms with Gasteiger partial charge in [0.1, 0.15) is 17.4 Å². The van der Waals surface area contributed by atoms with E-state index in [1.165, 1.54) is 24.4 Å². The SMILES string of the molecule is Cc1ccc(-c2cn(CC3CCOCC3)cc(C(=O)NC3=CNC(C4=CC(c5ccc(O)c(O)c5)=CNC4N)C(F)=C3)c2=O)cc1. The highest BCUT2D eigenvalue weighted by Gasteiger charge is 2.29. The molecule has 1 aromatic heterocycles. The van der Waals surface area contributed by atoms with E-state index < -0.39 is 29.4 Å². The van der Waals surface area contributed by atoms with Crippen LogP contribution in [0.25, 0.3) is 16.7 Å². The van der Waals surface area contributed by atoms with E-state index >= 15 is 4.39 Å². The first-order valence-electron chi connectivity index (χ1n) is 15.2. The molecule has 1 amide bonds. The topological polar surface area (TPSA) is 151 Å². The van der Waals surface area contributed by atoms with Crippen LogP contribution in [0.2, 0.25) is 0 Å². The van der Waals surface area contributed by atoms with E-state index in [1.54, 1.807) is 30.7 Å². The third-order valence-electron chi connectivity index (χ3n) is 8.47. The highest BCUT2D eigenvalue weighted by molar-refractivity contribution is 5.96. The number of rotatable bonds is 7. The van der Waals surface area contributed by atoms with Gasteiger partial charge in [0, 0.05) is 50.1 Å². The summed E-state index contributed by atoms with van der Waals surface area (Å²) >= 11 is 0. The molecule has 7 N–H and O–H groups in total. The van der Waals surface area contributed by atoms with Crippen LogP contribution in [0.5, 0.6) is 11.5 Å². The monoisotopic (exact) mass is 625 g/mol. The Balaban J connectivity index is 1.23. The van der Waals surface area contributed by atoms with Gasteiger partial charge in [0.2, 0.25) is 5.43 Å². The summed E-state index contributed by atoms with van der Waals surface area (Å²) in [6.07, 6.45) is 10.4. The number of allylic oxidation sites excluding steroid dienone is 3. The molecule has 0 spiro atoms. The zero-order valence-electron chi connectivity index (χ0n) is 25.3. The number of halogens is 1. The van der Waals surface area contributed by atoms with E-state index in [9.17, 15) is 19.8 Å². The fourth-order valence-electron chi connectivity index (χ4n) is 5.84. The molecule has 2 aromatic carbocycles. The predicted octanol–water partition coefficient (Wildman–Crippen LogP) is 3.91. The fourth-order valence-corrected chi connectivity index (χ4v) is 5.84. The number of phenols is 2. The molecule has 1 saturated heterocycles. The zero-order valence-corrected chi connectivity index (χ0v) is 25.3. The maximum atomic E-state index is 15.6. The Morgan fingerprint density at radius 2 is 1.76 bits per heavy atom. The van der Waals surface area contributed by atoms with Crippen LogP contribution in [0.4, 0.5) is 4.39 Å². The van der Waals surface area contributed by atoms with Gasteiger partial charge in [0.05, 0.1) is 11.9 Å². The Morgan fingerprint density at radius 3 is 2.48 bits per heavy atom.